The summed E-state index contributed by atoms with van der Waals surface area (Å²) in [4.78, 5) is 35.5. The van der Waals surface area contributed by atoms with Crippen LogP contribution in [0, 0.1) is 0 Å². The van der Waals surface area contributed by atoms with Crippen LogP contribution in [0.1, 0.15) is 23.2 Å². The molecule has 0 saturated heterocycles. The minimum absolute atomic E-state index is 0.345. The summed E-state index contributed by atoms with van der Waals surface area (Å²) in [7, 11) is 1.51. The van der Waals surface area contributed by atoms with Crippen LogP contribution in [0.5, 0.6) is 5.75 Å². The van der Waals surface area contributed by atoms with E-state index in [-0.39, 0.29) is 12.0 Å². The third-order valence-corrected chi connectivity index (χ3v) is 4.32. The molecule has 0 fully saturated rings. The molecule has 6 heteroatoms. The van der Waals surface area contributed by atoms with Gasteiger partial charge in [0, 0.05) is 18.9 Å². The van der Waals surface area contributed by atoms with Crippen LogP contribution in [0.3, 0.4) is 0 Å². The van der Waals surface area contributed by atoms with Crippen molar-refractivity contribution in [2.24, 2.45) is 7.05 Å². The third-order valence-electron chi connectivity index (χ3n) is 4.32. The van der Waals surface area contributed by atoms with Crippen molar-refractivity contribution in [2.75, 3.05) is 0 Å². The van der Waals surface area contributed by atoms with Crippen molar-refractivity contribution < 1.29 is 19.8 Å². The van der Waals surface area contributed by atoms with Gasteiger partial charge in [-0.2, -0.15) is 0 Å². The van der Waals surface area contributed by atoms with Gasteiger partial charge >= 0.3 is 5.97 Å². The molecule has 0 spiro atoms. The van der Waals surface area contributed by atoms with Crippen molar-refractivity contribution in [3.05, 3.63) is 64.4 Å². The Kier molecular flexibility index (Phi) is 4.58. The predicted octanol–water partition coefficient (Wildman–Crippen LogP) is 2.96. The number of carboxylic acid groups (broad SMARTS) is 1. The number of aliphatic carboxylic acids is 1. The van der Waals surface area contributed by atoms with E-state index in [0.29, 0.717) is 10.9 Å². The van der Waals surface area contributed by atoms with Gasteiger partial charge in [-0.3, -0.25) is 14.4 Å². The van der Waals surface area contributed by atoms with Crippen molar-refractivity contribution in [3.8, 4) is 16.9 Å². The maximum Gasteiger partial charge on any atom is 0.303 e. The lowest BCUT2D eigenvalue weighted by Gasteiger charge is -2.12. The molecule has 0 atom stereocenters. The normalized spacial score (nSPS) is 10.8. The molecule has 0 aliphatic heterocycles. The molecule has 1 aromatic heterocycles. The van der Waals surface area contributed by atoms with Crippen LogP contribution in [0.25, 0.3) is 22.0 Å². The monoisotopic (exact) mass is 351 g/mol. The van der Waals surface area contributed by atoms with Crippen LogP contribution < -0.4 is 5.56 Å². The Hall–Kier alpha value is -3.41. The van der Waals surface area contributed by atoms with Crippen LogP contribution >= 0.6 is 0 Å². The van der Waals surface area contributed by atoms with E-state index in [0.717, 1.165) is 11.1 Å². The first kappa shape index (κ1) is 17.4. The van der Waals surface area contributed by atoms with E-state index in [9.17, 15) is 19.5 Å². The van der Waals surface area contributed by atoms with Crippen molar-refractivity contribution in [3.63, 3.8) is 0 Å². The summed E-state index contributed by atoms with van der Waals surface area (Å²) >= 11 is 0. The first-order chi connectivity index (χ1) is 12.4. The molecular weight excluding hydrogens is 334 g/mol. The molecule has 0 aliphatic rings. The van der Waals surface area contributed by atoms with Gasteiger partial charge in [0.15, 0.2) is 5.78 Å². The van der Waals surface area contributed by atoms with Gasteiger partial charge in [-0.1, -0.05) is 36.4 Å². The fourth-order valence-electron chi connectivity index (χ4n) is 2.94. The molecule has 0 saturated carbocycles. The Balaban J connectivity index is 2.19. The minimum atomic E-state index is -1.14. The number of nitrogens with zero attached hydrogens (tertiary/aromatic N) is 1. The predicted molar refractivity (Wildman–Crippen MR) is 97.5 cm³/mol. The fourth-order valence-corrected chi connectivity index (χ4v) is 2.94. The number of rotatable bonds is 5. The van der Waals surface area contributed by atoms with Gasteiger partial charge in [0.2, 0.25) is 0 Å². The molecule has 3 aromatic rings. The van der Waals surface area contributed by atoms with Crippen LogP contribution in [-0.4, -0.2) is 26.5 Å². The molecule has 2 N–H and O–H groups in total. The van der Waals surface area contributed by atoms with Crippen molar-refractivity contribution in [1.82, 2.24) is 4.57 Å². The van der Waals surface area contributed by atoms with Gasteiger partial charge in [0.05, 0.1) is 11.9 Å². The smallest absolute Gasteiger partial charge is 0.303 e. The Morgan fingerprint density at radius 3 is 2.35 bits per heavy atom. The Morgan fingerprint density at radius 2 is 1.69 bits per heavy atom. The van der Waals surface area contributed by atoms with E-state index in [2.05, 4.69) is 0 Å². The van der Waals surface area contributed by atoms with E-state index < -0.39 is 29.5 Å². The van der Waals surface area contributed by atoms with Gasteiger partial charge in [0.1, 0.15) is 11.3 Å². The lowest BCUT2D eigenvalue weighted by Crippen LogP contribution is -2.25. The zero-order chi connectivity index (χ0) is 18.8. The number of aromatic hydroxyl groups is 1. The topological polar surface area (TPSA) is 96.6 Å². The van der Waals surface area contributed by atoms with Gasteiger partial charge in [0.25, 0.3) is 5.56 Å². The summed E-state index contributed by atoms with van der Waals surface area (Å²) < 4.78 is 1.29. The third kappa shape index (κ3) is 3.09. The number of hydrogen-bond acceptors (Lipinski definition) is 4. The average Bonchev–Trinajstić information content (AvgIpc) is 2.65. The number of ketones is 1. The first-order valence-electron chi connectivity index (χ1n) is 8.06. The zero-order valence-corrected chi connectivity index (χ0v) is 14.1. The number of carbonyl (C=O) groups is 2. The Labute approximate surface area is 148 Å². The average molecular weight is 351 g/mol. The van der Waals surface area contributed by atoms with E-state index in [1.165, 1.54) is 11.6 Å². The molecule has 132 valence electrons. The second-order valence-electron chi connectivity index (χ2n) is 6.00. The van der Waals surface area contributed by atoms with Gasteiger partial charge in [-0.15, -0.1) is 0 Å². The SMILES string of the molecule is Cn1c(=O)c(C(=O)CCC(=O)O)c(O)c2cc(-c3ccccc3)ccc21. The standard InChI is InChI=1S/C20H17NO5/c1-21-15-8-7-13(12-5-3-2-4-6-12)11-14(15)19(25)18(20(21)26)16(22)9-10-17(23)24/h2-8,11,25H,9-10H2,1H3,(H,23,24). The first-order valence-corrected chi connectivity index (χ1v) is 8.06. The molecule has 26 heavy (non-hydrogen) atoms. The molecular formula is C20H17NO5. The number of hydrogen-bond donors (Lipinski definition) is 2. The number of aromatic nitrogens is 1. The summed E-state index contributed by atoms with van der Waals surface area (Å²) in [6, 6.07) is 14.8. The van der Waals surface area contributed by atoms with Gasteiger partial charge in [-0.25, -0.2) is 0 Å². The number of fused-ring (bicyclic) bond motifs is 1. The zero-order valence-electron chi connectivity index (χ0n) is 14.1. The van der Waals surface area contributed by atoms with Crippen molar-refractivity contribution in [1.29, 1.82) is 0 Å². The summed E-state index contributed by atoms with van der Waals surface area (Å²) in [5.74, 6) is -2.23. The maximum absolute atomic E-state index is 12.5. The highest BCUT2D eigenvalue weighted by Gasteiger charge is 2.21. The highest BCUT2D eigenvalue weighted by atomic mass is 16.4. The molecule has 3 rings (SSSR count). The second-order valence-corrected chi connectivity index (χ2v) is 6.00. The number of carboxylic acids is 1. The highest BCUT2D eigenvalue weighted by Crippen LogP contribution is 2.31. The minimum Gasteiger partial charge on any atom is -0.506 e. The molecule has 1 heterocycles. The van der Waals surface area contributed by atoms with Gasteiger partial charge < -0.3 is 14.8 Å². The van der Waals surface area contributed by atoms with E-state index in [1.807, 2.05) is 36.4 Å². The lowest BCUT2D eigenvalue weighted by molar-refractivity contribution is -0.136. The molecule has 0 bridgehead atoms. The molecule has 6 nitrogen and oxygen atoms in total. The Bertz CT molecular complexity index is 1070. The van der Waals surface area contributed by atoms with Crippen LogP contribution in [0.15, 0.2) is 53.3 Å². The van der Waals surface area contributed by atoms with Crippen LogP contribution in [0.4, 0.5) is 0 Å². The largest absolute Gasteiger partial charge is 0.506 e. The Morgan fingerprint density at radius 1 is 1.00 bits per heavy atom. The number of carbonyl (C=O) groups excluding carboxylic acids is 1. The number of Topliss-reactive ketones (excluding diaryl/α,β-unsaturated/α-hetero) is 1. The van der Waals surface area contributed by atoms with Crippen LogP contribution in [-0.2, 0) is 11.8 Å². The van der Waals surface area contributed by atoms with Gasteiger partial charge in [-0.05, 0) is 23.3 Å². The number of benzene rings is 2. The summed E-state index contributed by atoms with van der Waals surface area (Å²) in [6.45, 7) is 0. The molecule has 2 aromatic carbocycles. The molecule has 0 aliphatic carbocycles. The summed E-state index contributed by atoms with van der Waals surface area (Å²) in [5.41, 5.74) is 1.24. The van der Waals surface area contributed by atoms with E-state index in [4.69, 9.17) is 5.11 Å². The van der Waals surface area contributed by atoms with E-state index >= 15 is 0 Å². The number of aryl methyl sites for hydroxylation is 1. The number of pyridine rings is 1. The van der Waals surface area contributed by atoms with Crippen LogP contribution in [0.2, 0.25) is 0 Å². The summed E-state index contributed by atoms with van der Waals surface area (Å²) in [6.07, 6.45) is -0.745. The fraction of sp³-hybridized carbons (Fsp3) is 0.150. The molecule has 0 unspecified atom stereocenters. The maximum atomic E-state index is 12.5. The quantitative estimate of drug-likeness (QED) is 0.689. The van der Waals surface area contributed by atoms with Crippen molar-refractivity contribution in [2.45, 2.75) is 12.8 Å². The van der Waals surface area contributed by atoms with Crippen molar-refractivity contribution >= 4 is 22.7 Å². The molecule has 0 radical (unpaired) electrons. The lowest BCUT2D eigenvalue weighted by atomic mass is 9.99. The van der Waals surface area contributed by atoms with E-state index in [1.54, 1.807) is 12.1 Å². The second kappa shape index (κ2) is 6.84. The highest BCUT2D eigenvalue weighted by molar-refractivity contribution is 6.04. The molecule has 0 amide bonds. The summed E-state index contributed by atoms with van der Waals surface area (Å²) in [5, 5.41) is 19.7.